The minimum Gasteiger partial charge on any atom is -0.437 e. The highest BCUT2D eigenvalue weighted by molar-refractivity contribution is 6.08. The van der Waals surface area contributed by atoms with Gasteiger partial charge < -0.3 is 29.0 Å². The summed E-state index contributed by atoms with van der Waals surface area (Å²) in [6.45, 7) is 2.77. The van der Waals surface area contributed by atoms with Gasteiger partial charge in [0.05, 0.1) is 31.6 Å². The van der Waals surface area contributed by atoms with Crippen LogP contribution in [-0.2, 0) is 16.5 Å². The van der Waals surface area contributed by atoms with E-state index in [0.717, 1.165) is 18.8 Å². The van der Waals surface area contributed by atoms with Crippen molar-refractivity contribution < 1.29 is 23.8 Å². The van der Waals surface area contributed by atoms with Crippen LogP contribution in [-0.4, -0.2) is 50.0 Å². The van der Waals surface area contributed by atoms with E-state index in [9.17, 15) is 9.59 Å². The van der Waals surface area contributed by atoms with Crippen LogP contribution in [0.2, 0.25) is 0 Å². The summed E-state index contributed by atoms with van der Waals surface area (Å²) in [4.78, 5) is 26.1. The van der Waals surface area contributed by atoms with E-state index in [1.54, 1.807) is 29.9 Å². The van der Waals surface area contributed by atoms with Crippen molar-refractivity contribution in [2.75, 3.05) is 43.6 Å². The van der Waals surface area contributed by atoms with Crippen LogP contribution in [0.15, 0.2) is 36.5 Å². The van der Waals surface area contributed by atoms with Gasteiger partial charge in [-0.05, 0) is 12.1 Å². The first-order valence-electron chi connectivity index (χ1n) is 8.23. The number of morpholine rings is 1. The third-order valence-corrected chi connectivity index (χ3v) is 4.07. The second-order valence-electron chi connectivity index (χ2n) is 5.80. The van der Waals surface area contributed by atoms with Crippen LogP contribution in [0.4, 0.5) is 16.2 Å². The molecule has 1 aromatic carbocycles. The van der Waals surface area contributed by atoms with Crippen molar-refractivity contribution >= 4 is 23.4 Å². The molecule has 0 saturated carbocycles. The summed E-state index contributed by atoms with van der Waals surface area (Å²) in [7, 11) is 2.94. The lowest BCUT2D eigenvalue weighted by Crippen LogP contribution is -2.37. The maximum absolute atomic E-state index is 12.8. The normalized spacial score (nSPS) is 14.0. The number of aryl methyl sites for hydroxylation is 1. The molecule has 1 aromatic heterocycles. The second-order valence-corrected chi connectivity index (χ2v) is 5.80. The molecular formula is C18H21N3O5. The lowest BCUT2D eigenvalue weighted by molar-refractivity contribution is 0.102. The number of ether oxygens (including phenoxy) is 3. The number of hydrogen-bond donors (Lipinski definition) is 1. The molecule has 8 nitrogen and oxygen atoms in total. The van der Waals surface area contributed by atoms with Crippen LogP contribution < -0.4 is 15.0 Å². The molecule has 0 bridgehead atoms. The Morgan fingerprint density at radius 1 is 1.19 bits per heavy atom. The molecule has 1 aliphatic rings. The lowest BCUT2D eigenvalue weighted by atomic mass is 10.1. The van der Waals surface area contributed by atoms with E-state index >= 15 is 0 Å². The number of aromatic nitrogens is 1. The molecule has 2 heterocycles. The number of benzene rings is 1. The van der Waals surface area contributed by atoms with E-state index in [1.807, 2.05) is 18.2 Å². The van der Waals surface area contributed by atoms with E-state index in [4.69, 9.17) is 9.47 Å². The molecule has 8 heteroatoms. The standard InChI is InChI=1S/C18H21N3O5/c1-20-12-13(11-16(20)26-18(23)24-2)19-17(22)14-5-3-4-6-15(14)21-7-9-25-10-8-21/h3-6,11-12H,7-10H2,1-2H3,(H,19,22). The molecule has 1 saturated heterocycles. The van der Waals surface area contributed by atoms with Crippen LogP contribution >= 0.6 is 0 Å². The highest BCUT2D eigenvalue weighted by Crippen LogP contribution is 2.25. The Labute approximate surface area is 151 Å². The molecule has 1 amide bonds. The van der Waals surface area contributed by atoms with Gasteiger partial charge in [0.2, 0.25) is 5.88 Å². The summed E-state index contributed by atoms with van der Waals surface area (Å²) in [5.41, 5.74) is 1.97. The number of nitrogens with zero attached hydrogens (tertiary/aromatic N) is 2. The van der Waals surface area contributed by atoms with Gasteiger partial charge in [-0.3, -0.25) is 4.79 Å². The Morgan fingerprint density at radius 3 is 2.65 bits per heavy atom. The van der Waals surface area contributed by atoms with Crippen LogP contribution in [0.5, 0.6) is 5.88 Å². The van der Waals surface area contributed by atoms with Gasteiger partial charge in [0, 0.05) is 38.1 Å². The average Bonchev–Trinajstić information content (AvgIpc) is 3.01. The third-order valence-electron chi connectivity index (χ3n) is 4.07. The Bertz CT molecular complexity index is 796. The number of amides is 1. The molecule has 2 aromatic rings. The summed E-state index contributed by atoms with van der Waals surface area (Å²) in [5.74, 6) is 0.0379. The highest BCUT2D eigenvalue weighted by Gasteiger charge is 2.19. The summed E-state index contributed by atoms with van der Waals surface area (Å²) in [5, 5.41) is 2.84. The number of carbonyl (C=O) groups is 2. The molecular weight excluding hydrogens is 338 g/mol. The molecule has 0 aliphatic carbocycles. The van der Waals surface area contributed by atoms with Crippen LogP contribution in [0.25, 0.3) is 0 Å². The van der Waals surface area contributed by atoms with Crippen LogP contribution in [0.1, 0.15) is 10.4 Å². The topological polar surface area (TPSA) is 82.0 Å². The van der Waals surface area contributed by atoms with E-state index < -0.39 is 6.16 Å². The molecule has 0 atom stereocenters. The average molecular weight is 359 g/mol. The summed E-state index contributed by atoms with van der Waals surface area (Å²) < 4.78 is 16.4. The Morgan fingerprint density at radius 2 is 1.92 bits per heavy atom. The fraction of sp³-hybridized carbons (Fsp3) is 0.333. The van der Waals surface area contributed by atoms with Crippen LogP contribution in [0.3, 0.4) is 0 Å². The van der Waals surface area contributed by atoms with Crippen molar-refractivity contribution in [3.63, 3.8) is 0 Å². The van der Waals surface area contributed by atoms with Crippen molar-refractivity contribution in [2.24, 2.45) is 7.05 Å². The fourth-order valence-corrected chi connectivity index (χ4v) is 2.79. The largest absolute Gasteiger partial charge is 0.514 e. The van der Waals surface area contributed by atoms with Gasteiger partial charge in [0.25, 0.3) is 5.91 Å². The number of anilines is 2. The number of rotatable bonds is 4. The molecule has 138 valence electrons. The SMILES string of the molecule is COC(=O)Oc1cc(NC(=O)c2ccccc2N2CCOCC2)cn1C. The zero-order chi connectivity index (χ0) is 18.5. The molecule has 3 rings (SSSR count). The molecule has 0 radical (unpaired) electrons. The van der Waals surface area contributed by atoms with Gasteiger partial charge in [-0.2, -0.15) is 0 Å². The van der Waals surface area contributed by atoms with Gasteiger partial charge >= 0.3 is 6.16 Å². The van der Waals surface area contributed by atoms with Crippen molar-refractivity contribution in [2.45, 2.75) is 0 Å². The molecule has 0 spiro atoms. The van der Waals surface area contributed by atoms with Gasteiger partial charge in [-0.15, -0.1) is 0 Å². The predicted molar refractivity (Wildman–Crippen MR) is 95.9 cm³/mol. The first-order chi connectivity index (χ1) is 12.6. The first-order valence-corrected chi connectivity index (χ1v) is 8.23. The molecule has 26 heavy (non-hydrogen) atoms. The first kappa shape index (κ1) is 17.8. The molecule has 0 unspecified atom stereocenters. The zero-order valence-corrected chi connectivity index (χ0v) is 14.7. The summed E-state index contributed by atoms with van der Waals surface area (Å²) in [6, 6.07) is 9.01. The number of hydrogen-bond acceptors (Lipinski definition) is 6. The van der Waals surface area contributed by atoms with Crippen molar-refractivity contribution in [3.05, 3.63) is 42.1 Å². The maximum Gasteiger partial charge on any atom is 0.514 e. The Balaban J connectivity index is 1.76. The number of nitrogens with one attached hydrogen (secondary N) is 1. The van der Waals surface area contributed by atoms with Gasteiger partial charge in [0.15, 0.2) is 0 Å². The van der Waals surface area contributed by atoms with Gasteiger partial charge in [-0.1, -0.05) is 12.1 Å². The number of methoxy groups -OCH3 is 1. The van der Waals surface area contributed by atoms with Gasteiger partial charge in [0.1, 0.15) is 0 Å². The second kappa shape index (κ2) is 7.92. The summed E-state index contributed by atoms with van der Waals surface area (Å²) >= 11 is 0. The monoisotopic (exact) mass is 359 g/mol. The fourth-order valence-electron chi connectivity index (χ4n) is 2.79. The van der Waals surface area contributed by atoms with Gasteiger partial charge in [-0.25, -0.2) is 4.79 Å². The quantitative estimate of drug-likeness (QED) is 0.844. The number of para-hydroxylation sites is 1. The Hall–Kier alpha value is -3.00. The summed E-state index contributed by atoms with van der Waals surface area (Å²) in [6.07, 6.45) is 0.842. The van der Waals surface area contributed by atoms with E-state index in [0.29, 0.717) is 24.5 Å². The molecule has 1 fully saturated rings. The van der Waals surface area contributed by atoms with E-state index in [-0.39, 0.29) is 11.8 Å². The molecule has 1 N–H and O–H groups in total. The van der Waals surface area contributed by atoms with Crippen molar-refractivity contribution in [1.82, 2.24) is 4.57 Å². The van der Waals surface area contributed by atoms with E-state index in [2.05, 4.69) is 15.0 Å². The third kappa shape index (κ3) is 3.97. The number of carbonyl (C=O) groups excluding carboxylic acids is 2. The maximum atomic E-state index is 12.8. The van der Waals surface area contributed by atoms with E-state index in [1.165, 1.54) is 7.11 Å². The smallest absolute Gasteiger partial charge is 0.437 e. The minimum absolute atomic E-state index is 0.234. The van der Waals surface area contributed by atoms with Crippen LogP contribution in [0, 0.1) is 0 Å². The molecule has 1 aliphatic heterocycles. The highest BCUT2D eigenvalue weighted by atomic mass is 16.7. The minimum atomic E-state index is -0.818. The van der Waals surface area contributed by atoms with Crippen molar-refractivity contribution in [3.8, 4) is 5.88 Å². The predicted octanol–water partition coefficient (Wildman–Crippen LogP) is 2.26. The Kier molecular flexibility index (Phi) is 5.43. The lowest BCUT2D eigenvalue weighted by Gasteiger charge is -2.30. The zero-order valence-electron chi connectivity index (χ0n) is 14.7. The van der Waals surface area contributed by atoms with Crippen molar-refractivity contribution in [1.29, 1.82) is 0 Å².